The van der Waals surface area contributed by atoms with Gasteiger partial charge in [0.2, 0.25) is 0 Å². The molecule has 2 atom stereocenters. The van der Waals surface area contributed by atoms with Crippen molar-refractivity contribution in [1.29, 1.82) is 0 Å². The zero-order chi connectivity index (χ0) is 15.9. The van der Waals surface area contributed by atoms with Crippen molar-refractivity contribution in [2.45, 2.75) is 52.7 Å². The van der Waals surface area contributed by atoms with E-state index in [4.69, 9.17) is 9.47 Å². The maximum Gasteiger partial charge on any atom is 0.411 e. The Morgan fingerprint density at radius 1 is 1.30 bits per heavy atom. The van der Waals surface area contributed by atoms with Gasteiger partial charge < -0.3 is 14.6 Å². The maximum absolute atomic E-state index is 12.2. The van der Waals surface area contributed by atoms with Crippen molar-refractivity contribution in [3.8, 4) is 0 Å². The Bertz CT molecular complexity index is 324. The lowest BCUT2D eigenvalue weighted by Crippen LogP contribution is -2.51. The molecule has 0 rings (SSSR count). The summed E-state index contributed by atoms with van der Waals surface area (Å²) >= 11 is 0. The minimum Gasteiger partial charge on any atom is -0.480 e. The fourth-order valence-corrected chi connectivity index (χ4v) is 1.94. The van der Waals surface area contributed by atoms with Crippen molar-refractivity contribution in [1.82, 2.24) is 4.90 Å². The molecular formula is C14H27NO5. The number of aliphatic carboxylic acids is 1. The summed E-state index contributed by atoms with van der Waals surface area (Å²) in [6.45, 7) is 9.49. The zero-order valence-corrected chi connectivity index (χ0v) is 13.3. The minimum absolute atomic E-state index is 0.264. The lowest BCUT2D eigenvalue weighted by atomic mass is 10.0. The number of rotatable bonds is 7. The molecule has 1 N–H and O–H groups in total. The molecular weight excluding hydrogens is 262 g/mol. The molecule has 118 valence electrons. The van der Waals surface area contributed by atoms with Gasteiger partial charge in [0.05, 0.1) is 6.61 Å². The molecule has 0 saturated heterocycles. The summed E-state index contributed by atoms with van der Waals surface area (Å²) in [6.07, 6.45) is 0.0534. The molecule has 0 aromatic carbocycles. The predicted molar refractivity (Wildman–Crippen MR) is 75.7 cm³/mol. The minimum atomic E-state index is -1.05. The quantitative estimate of drug-likeness (QED) is 0.778. The summed E-state index contributed by atoms with van der Waals surface area (Å²) in [5, 5.41) is 9.41. The molecule has 20 heavy (non-hydrogen) atoms. The highest BCUT2D eigenvalue weighted by Crippen LogP contribution is 2.18. The second-order valence-corrected chi connectivity index (χ2v) is 5.89. The van der Waals surface area contributed by atoms with Crippen LogP contribution in [0, 0.1) is 5.92 Å². The second kappa shape index (κ2) is 8.09. The number of carbonyl (C=O) groups is 2. The van der Waals surface area contributed by atoms with E-state index in [1.54, 1.807) is 27.7 Å². The molecule has 6 nitrogen and oxygen atoms in total. The van der Waals surface area contributed by atoms with E-state index < -0.39 is 23.7 Å². The normalized spacial score (nSPS) is 14.5. The van der Waals surface area contributed by atoms with Crippen molar-refractivity contribution in [3.63, 3.8) is 0 Å². The lowest BCUT2D eigenvalue weighted by Gasteiger charge is -2.33. The van der Waals surface area contributed by atoms with Crippen molar-refractivity contribution in [2.24, 2.45) is 5.92 Å². The summed E-state index contributed by atoms with van der Waals surface area (Å²) < 4.78 is 10.3. The van der Waals surface area contributed by atoms with Gasteiger partial charge >= 0.3 is 12.1 Å². The lowest BCUT2D eigenvalue weighted by molar-refractivity contribution is -0.146. The van der Waals surface area contributed by atoms with Crippen molar-refractivity contribution < 1.29 is 24.2 Å². The third-order valence-electron chi connectivity index (χ3n) is 2.65. The number of carbonyl (C=O) groups excluding carboxylic acids is 1. The SMILES string of the molecule is CCCN(C(=O)OC(C)(C)C)C(C(=O)O)C(C)COC. The number of carboxylic acids is 1. The van der Waals surface area contributed by atoms with Crippen LogP contribution in [0.2, 0.25) is 0 Å². The van der Waals surface area contributed by atoms with Crippen LogP contribution in [0.5, 0.6) is 0 Å². The molecule has 0 aliphatic carbocycles. The number of hydrogen-bond donors (Lipinski definition) is 1. The van der Waals surface area contributed by atoms with Gasteiger partial charge in [-0.2, -0.15) is 0 Å². The largest absolute Gasteiger partial charge is 0.480 e. The van der Waals surface area contributed by atoms with E-state index in [0.717, 1.165) is 0 Å². The van der Waals surface area contributed by atoms with Gasteiger partial charge in [-0.3, -0.25) is 4.90 Å². The van der Waals surface area contributed by atoms with Gasteiger partial charge in [0.15, 0.2) is 0 Å². The molecule has 0 aromatic rings. The van der Waals surface area contributed by atoms with E-state index in [9.17, 15) is 14.7 Å². The van der Waals surface area contributed by atoms with Gasteiger partial charge in [0.1, 0.15) is 11.6 Å². The van der Waals surface area contributed by atoms with Crippen LogP contribution in [0.3, 0.4) is 0 Å². The van der Waals surface area contributed by atoms with Gasteiger partial charge in [-0.25, -0.2) is 9.59 Å². The van der Waals surface area contributed by atoms with E-state index in [0.29, 0.717) is 13.0 Å². The summed E-state index contributed by atoms with van der Waals surface area (Å²) in [7, 11) is 1.51. The Morgan fingerprint density at radius 3 is 2.20 bits per heavy atom. The van der Waals surface area contributed by atoms with Crippen molar-refractivity contribution in [2.75, 3.05) is 20.3 Å². The fourth-order valence-electron chi connectivity index (χ4n) is 1.94. The van der Waals surface area contributed by atoms with Gasteiger partial charge in [0, 0.05) is 19.6 Å². The molecule has 0 heterocycles. The van der Waals surface area contributed by atoms with Gasteiger partial charge in [0.25, 0.3) is 0 Å². The predicted octanol–water partition coefficient (Wildman–Crippen LogP) is 2.37. The highest BCUT2D eigenvalue weighted by atomic mass is 16.6. The van der Waals surface area contributed by atoms with Crippen LogP contribution in [0.4, 0.5) is 4.79 Å². The molecule has 0 radical (unpaired) electrons. The van der Waals surface area contributed by atoms with Crippen LogP contribution in [0.25, 0.3) is 0 Å². The Balaban J connectivity index is 5.17. The zero-order valence-electron chi connectivity index (χ0n) is 13.3. The topological polar surface area (TPSA) is 76.1 Å². The Labute approximate surface area is 121 Å². The molecule has 0 bridgehead atoms. The first-order chi connectivity index (χ1) is 9.14. The molecule has 1 amide bonds. The van der Waals surface area contributed by atoms with Crippen LogP contribution < -0.4 is 0 Å². The number of amides is 1. The number of methoxy groups -OCH3 is 1. The summed E-state index contributed by atoms with van der Waals surface area (Å²) in [5.41, 5.74) is -0.656. The molecule has 0 spiro atoms. The third-order valence-corrected chi connectivity index (χ3v) is 2.65. The van der Waals surface area contributed by atoms with E-state index >= 15 is 0 Å². The van der Waals surface area contributed by atoms with Gasteiger partial charge in [-0.15, -0.1) is 0 Å². The van der Waals surface area contributed by atoms with Crippen LogP contribution >= 0.6 is 0 Å². The summed E-state index contributed by atoms with van der Waals surface area (Å²) in [4.78, 5) is 25.0. The first-order valence-electron chi connectivity index (χ1n) is 6.85. The molecule has 0 aliphatic rings. The third kappa shape index (κ3) is 6.23. The Hall–Kier alpha value is -1.30. The van der Waals surface area contributed by atoms with E-state index in [1.807, 2.05) is 6.92 Å². The van der Waals surface area contributed by atoms with Gasteiger partial charge in [-0.1, -0.05) is 13.8 Å². The van der Waals surface area contributed by atoms with E-state index in [2.05, 4.69) is 0 Å². The maximum atomic E-state index is 12.2. The van der Waals surface area contributed by atoms with Crippen LogP contribution in [0.1, 0.15) is 41.0 Å². The van der Waals surface area contributed by atoms with Crippen molar-refractivity contribution >= 4 is 12.1 Å². The van der Waals surface area contributed by atoms with Crippen LogP contribution in [0.15, 0.2) is 0 Å². The molecule has 0 saturated carbocycles. The highest BCUT2D eigenvalue weighted by Gasteiger charge is 2.36. The van der Waals surface area contributed by atoms with Gasteiger partial charge in [-0.05, 0) is 27.2 Å². The van der Waals surface area contributed by atoms with E-state index in [-0.39, 0.29) is 12.5 Å². The highest BCUT2D eigenvalue weighted by molar-refractivity contribution is 5.80. The number of carboxylic acid groups (broad SMARTS) is 1. The molecule has 6 heteroatoms. The van der Waals surface area contributed by atoms with Crippen molar-refractivity contribution in [3.05, 3.63) is 0 Å². The Morgan fingerprint density at radius 2 is 1.85 bits per heavy atom. The van der Waals surface area contributed by atoms with Crippen LogP contribution in [-0.2, 0) is 14.3 Å². The summed E-state index contributed by atoms with van der Waals surface area (Å²) in [6, 6.07) is -0.954. The average Bonchev–Trinajstić information content (AvgIpc) is 2.25. The second-order valence-electron chi connectivity index (χ2n) is 5.89. The number of hydrogen-bond acceptors (Lipinski definition) is 4. The smallest absolute Gasteiger partial charge is 0.411 e. The first kappa shape index (κ1) is 18.7. The van der Waals surface area contributed by atoms with Crippen LogP contribution in [-0.4, -0.2) is 54.0 Å². The Kier molecular flexibility index (Phi) is 7.57. The van der Waals surface area contributed by atoms with E-state index in [1.165, 1.54) is 12.0 Å². The average molecular weight is 289 g/mol. The molecule has 2 unspecified atom stereocenters. The number of nitrogens with zero attached hydrogens (tertiary/aromatic N) is 1. The molecule has 0 aliphatic heterocycles. The fraction of sp³-hybridized carbons (Fsp3) is 0.857. The first-order valence-corrected chi connectivity index (χ1v) is 6.85. The monoisotopic (exact) mass is 289 g/mol. The number of ether oxygens (including phenoxy) is 2. The summed E-state index contributed by atoms with van der Waals surface area (Å²) in [5.74, 6) is -1.37. The molecule has 0 fully saturated rings. The molecule has 0 aromatic heterocycles. The standard InChI is InChI=1S/C14H27NO5/c1-7-8-15(13(18)20-14(3,4)5)11(12(16)17)10(2)9-19-6/h10-11H,7-9H2,1-6H3,(H,16,17).